The van der Waals surface area contributed by atoms with Gasteiger partial charge in [-0.25, -0.2) is 13.6 Å². The molecule has 0 amide bonds. The van der Waals surface area contributed by atoms with Crippen LogP contribution in [-0.4, -0.2) is 15.5 Å². The summed E-state index contributed by atoms with van der Waals surface area (Å²) in [6, 6.07) is 20.2. The standard InChI is InChI=1S/C22H24N2O4S/c1-16-5-3-6-17(13-16)15-28-22-18(7-4-8-21(22)27-2)14-24-19-9-11-20(12-10-19)29(23,25)26/h3-13,24H,14-15H2,1-2H3,(H2,23,25,26). The van der Waals surface area contributed by atoms with Crippen LogP contribution in [0.25, 0.3) is 0 Å². The Kier molecular flexibility index (Phi) is 6.41. The highest BCUT2D eigenvalue weighted by Crippen LogP contribution is 2.32. The molecule has 6 nitrogen and oxygen atoms in total. The van der Waals surface area contributed by atoms with Gasteiger partial charge in [0.1, 0.15) is 6.61 Å². The number of methoxy groups -OCH3 is 1. The van der Waals surface area contributed by atoms with Gasteiger partial charge in [0.2, 0.25) is 10.0 Å². The van der Waals surface area contributed by atoms with Crippen LogP contribution < -0.4 is 19.9 Å². The molecule has 0 fully saturated rings. The highest BCUT2D eigenvalue weighted by atomic mass is 32.2. The molecule has 0 aliphatic carbocycles. The number of hydrogen-bond donors (Lipinski definition) is 2. The molecule has 0 saturated heterocycles. The molecule has 0 spiro atoms. The van der Waals surface area contributed by atoms with Gasteiger partial charge in [-0.2, -0.15) is 0 Å². The number of rotatable bonds is 8. The first-order valence-electron chi connectivity index (χ1n) is 9.08. The molecule has 0 unspecified atom stereocenters. The lowest BCUT2D eigenvalue weighted by atomic mass is 10.1. The molecule has 0 aromatic heterocycles. The summed E-state index contributed by atoms with van der Waals surface area (Å²) in [5.74, 6) is 1.33. The van der Waals surface area contributed by atoms with E-state index in [0.29, 0.717) is 24.7 Å². The van der Waals surface area contributed by atoms with Crippen molar-refractivity contribution < 1.29 is 17.9 Å². The highest BCUT2D eigenvalue weighted by Gasteiger charge is 2.12. The van der Waals surface area contributed by atoms with Crippen molar-refractivity contribution in [2.75, 3.05) is 12.4 Å². The zero-order valence-electron chi connectivity index (χ0n) is 16.4. The Morgan fingerprint density at radius 2 is 1.72 bits per heavy atom. The average molecular weight is 413 g/mol. The third-order valence-electron chi connectivity index (χ3n) is 4.41. The highest BCUT2D eigenvalue weighted by molar-refractivity contribution is 7.89. The molecule has 29 heavy (non-hydrogen) atoms. The van der Waals surface area contributed by atoms with E-state index in [1.54, 1.807) is 19.2 Å². The van der Waals surface area contributed by atoms with Crippen LogP contribution in [0, 0.1) is 6.92 Å². The minimum Gasteiger partial charge on any atom is -0.493 e. The molecule has 3 aromatic carbocycles. The summed E-state index contributed by atoms with van der Waals surface area (Å²) in [6.45, 7) is 2.95. The van der Waals surface area contributed by atoms with Gasteiger partial charge in [-0.15, -0.1) is 0 Å². The van der Waals surface area contributed by atoms with E-state index in [9.17, 15) is 8.42 Å². The molecular weight excluding hydrogens is 388 g/mol. The van der Waals surface area contributed by atoms with Crippen LogP contribution in [0.1, 0.15) is 16.7 Å². The molecule has 3 N–H and O–H groups in total. The summed E-state index contributed by atoms with van der Waals surface area (Å²) in [4.78, 5) is 0.0756. The molecule has 0 bridgehead atoms. The predicted octanol–water partition coefficient (Wildman–Crippen LogP) is 3.84. The lowest BCUT2D eigenvalue weighted by Crippen LogP contribution is -2.12. The van der Waals surface area contributed by atoms with Gasteiger partial charge in [0.05, 0.1) is 12.0 Å². The number of ether oxygens (including phenoxy) is 2. The number of nitrogens with one attached hydrogen (secondary N) is 1. The van der Waals surface area contributed by atoms with Crippen molar-refractivity contribution in [1.29, 1.82) is 0 Å². The van der Waals surface area contributed by atoms with Gasteiger partial charge >= 0.3 is 0 Å². The second kappa shape index (κ2) is 8.98. The molecule has 0 heterocycles. The maximum Gasteiger partial charge on any atom is 0.238 e. The van der Waals surface area contributed by atoms with E-state index in [0.717, 1.165) is 16.8 Å². The summed E-state index contributed by atoms with van der Waals surface area (Å²) in [7, 11) is -2.09. The van der Waals surface area contributed by atoms with Crippen LogP contribution in [0.15, 0.2) is 71.6 Å². The molecule has 3 rings (SSSR count). The number of anilines is 1. The van der Waals surface area contributed by atoms with E-state index in [2.05, 4.69) is 11.4 Å². The maximum absolute atomic E-state index is 11.4. The minimum atomic E-state index is -3.70. The number of nitrogens with two attached hydrogens (primary N) is 1. The van der Waals surface area contributed by atoms with E-state index < -0.39 is 10.0 Å². The van der Waals surface area contributed by atoms with Gasteiger partial charge in [0.15, 0.2) is 11.5 Å². The molecule has 0 radical (unpaired) electrons. The second-order valence-electron chi connectivity index (χ2n) is 6.65. The van der Waals surface area contributed by atoms with Crippen molar-refractivity contribution in [2.24, 2.45) is 5.14 Å². The predicted molar refractivity (Wildman–Crippen MR) is 114 cm³/mol. The largest absolute Gasteiger partial charge is 0.493 e. The van der Waals surface area contributed by atoms with E-state index in [4.69, 9.17) is 14.6 Å². The van der Waals surface area contributed by atoms with Gasteiger partial charge in [-0.05, 0) is 42.8 Å². The number of primary sulfonamides is 1. The number of sulfonamides is 1. The molecule has 152 valence electrons. The lowest BCUT2D eigenvalue weighted by Gasteiger charge is -2.16. The fourth-order valence-corrected chi connectivity index (χ4v) is 3.46. The van der Waals surface area contributed by atoms with Crippen LogP contribution >= 0.6 is 0 Å². The minimum absolute atomic E-state index is 0.0756. The van der Waals surface area contributed by atoms with E-state index in [1.165, 1.54) is 17.7 Å². The zero-order valence-corrected chi connectivity index (χ0v) is 17.2. The normalized spacial score (nSPS) is 11.1. The molecule has 0 saturated carbocycles. The fourth-order valence-electron chi connectivity index (χ4n) is 2.94. The van der Waals surface area contributed by atoms with Crippen LogP contribution in [0.5, 0.6) is 11.5 Å². The van der Waals surface area contributed by atoms with Gasteiger partial charge in [0.25, 0.3) is 0 Å². The van der Waals surface area contributed by atoms with Crippen molar-refractivity contribution in [3.05, 3.63) is 83.4 Å². The molecule has 7 heteroatoms. The van der Waals surface area contributed by atoms with Crippen molar-refractivity contribution in [3.63, 3.8) is 0 Å². The van der Waals surface area contributed by atoms with Crippen LogP contribution in [0.3, 0.4) is 0 Å². The second-order valence-corrected chi connectivity index (χ2v) is 8.21. The van der Waals surface area contributed by atoms with Crippen LogP contribution in [0.4, 0.5) is 5.69 Å². The van der Waals surface area contributed by atoms with Gasteiger partial charge in [-0.1, -0.05) is 42.0 Å². The SMILES string of the molecule is COc1cccc(CNc2ccc(S(N)(=O)=O)cc2)c1OCc1cccc(C)c1. The van der Waals surface area contributed by atoms with Gasteiger partial charge in [0, 0.05) is 17.8 Å². The number of hydrogen-bond acceptors (Lipinski definition) is 5. The smallest absolute Gasteiger partial charge is 0.238 e. The Morgan fingerprint density at radius 3 is 2.38 bits per heavy atom. The Balaban J connectivity index is 1.75. The van der Waals surface area contributed by atoms with E-state index in [-0.39, 0.29) is 4.90 Å². The summed E-state index contributed by atoms with van der Waals surface area (Å²) in [6.07, 6.45) is 0. The van der Waals surface area contributed by atoms with Crippen molar-refractivity contribution in [3.8, 4) is 11.5 Å². The third kappa shape index (κ3) is 5.49. The van der Waals surface area contributed by atoms with E-state index in [1.807, 2.05) is 43.3 Å². The zero-order chi connectivity index (χ0) is 20.9. The van der Waals surface area contributed by atoms with Crippen LogP contribution in [-0.2, 0) is 23.2 Å². The Hall–Kier alpha value is -3.03. The molecule has 3 aromatic rings. The first-order valence-corrected chi connectivity index (χ1v) is 10.6. The van der Waals surface area contributed by atoms with E-state index >= 15 is 0 Å². The maximum atomic E-state index is 11.4. The van der Waals surface area contributed by atoms with Gasteiger partial charge in [-0.3, -0.25) is 0 Å². The quantitative estimate of drug-likeness (QED) is 0.587. The van der Waals surface area contributed by atoms with Gasteiger partial charge < -0.3 is 14.8 Å². The molecule has 0 aliphatic heterocycles. The summed E-state index contributed by atoms with van der Waals surface area (Å²) < 4.78 is 34.3. The summed E-state index contributed by atoms with van der Waals surface area (Å²) in [5, 5.41) is 8.40. The molecular formula is C22H24N2O4S. The topological polar surface area (TPSA) is 90.6 Å². The Bertz CT molecular complexity index is 1080. The monoisotopic (exact) mass is 412 g/mol. The van der Waals surface area contributed by atoms with Crippen molar-refractivity contribution >= 4 is 15.7 Å². The van der Waals surface area contributed by atoms with Crippen molar-refractivity contribution in [1.82, 2.24) is 0 Å². The summed E-state index contributed by atoms with van der Waals surface area (Å²) >= 11 is 0. The number of aryl methyl sites for hydroxylation is 1. The fraction of sp³-hybridized carbons (Fsp3) is 0.182. The number of para-hydroxylation sites is 1. The first-order chi connectivity index (χ1) is 13.9. The molecule has 0 aliphatic rings. The lowest BCUT2D eigenvalue weighted by molar-refractivity contribution is 0.281. The summed E-state index contributed by atoms with van der Waals surface area (Å²) in [5.41, 5.74) is 3.95. The third-order valence-corrected chi connectivity index (χ3v) is 5.34. The Labute approximate surface area is 171 Å². The Morgan fingerprint density at radius 1 is 1.00 bits per heavy atom. The van der Waals surface area contributed by atoms with Crippen molar-refractivity contribution in [2.45, 2.75) is 25.0 Å². The van der Waals surface area contributed by atoms with Crippen LogP contribution in [0.2, 0.25) is 0 Å². The average Bonchev–Trinajstić information content (AvgIpc) is 2.70. The number of benzene rings is 3. The molecule has 0 atom stereocenters. The first kappa shape index (κ1) is 20.7.